The number of tetrazole rings is 1. The van der Waals surface area contributed by atoms with Gasteiger partial charge in [-0.15, -0.1) is 5.10 Å². The Balaban J connectivity index is 1.52. The standard InChI is InChI=1S/C20H18F2N6O3/c1-12(29)23-8-16-10-28(20(30)31-16)15-6-17(21)19(18(22)7-15)14-4-2-13(3-5-14)9-27-11-24-25-26-27/h2-7,11,16H,8-10H2,1H3,(H,23,29)/t16-/m0/s1. The van der Waals surface area contributed by atoms with Crippen molar-refractivity contribution in [2.75, 3.05) is 18.0 Å². The van der Waals surface area contributed by atoms with Crippen molar-refractivity contribution < 1.29 is 23.1 Å². The van der Waals surface area contributed by atoms with Gasteiger partial charge in [0.05, 0.1) is 30.9 Å². The number of carbonyl (C=O) groups is 2. The van der Waals surface area contributed by atoms with Crippen LogP contribution in [-0.2, 0) is 16.1 Å². The molecule has 1 aromatic heterocycles. The van der Waals surface area contributed by atoms with E-state index in [4.69, 9.17) is 4.74 Å². The Labute approximate surface area is 175 Å². The Morgan fingerprint density at radius 1 is 1.23 bits per heavy atom. The number of benzene rings is 2. The van der Waals surface area contributed by atoms with Crippen LogP contribution in [0, 0.1) is 11.6 Å². The molecule has 0 spiro atoms. The van der Waals surface area contributed by atoms with E-state index in [0.29, 0.717) is 12.1 Å². The summed E-state index contributed by atoms with van der Waals surface area (Å²) >= 11 is 0. The molecule has 1 aliphatic heterocycles. The SMILES string of the molecule is CC(=O)NC[C@H]1CN(c2cc(F)c(-c3ccc(Cn4cnnn4)cc3)c(F)c2)C(=O)O1. The Morgan fingerprint density at radius 2 is 1.94 bits per heavy atom. The van der Waals surface area contributed by atoms with Crippen LogP contribution in [0.5, 0.6) is 0 Å². The van der Waals surface area contributed by atoms with Crippen molar-refractivity contribution in [2.24, 2.45) is 0 Å². The van der Waals surface area contributed by atoms with Crippen molar-refractivity contribution in [3.63, 3.8) is 0 Å². The monoisotopic (exact) mass is 428 g/mol. The first-order chi connectivity index (χ1) is 14.9. The van der Waals surface area contributed by atoms with Crippen molar-refractivity contribution in [1.82, 2.24) is 25.5 Å². The lowest BCUT2D eigenvalue weighted by Crippen LogP contribution is -2.33. The summed E-state index contributed by atoms with van der Waals surface area (Å²) < 4.78 is 36.3. The van der Waals surface area contributed by atoms with Crippen LogP contribution < -0.4 is 10.2 Å². The summed E-state index contributed by atoms with van der Waals surface area (Å²) in [4.78, 5) is 24.3. The zero-order valence-corrected chi connectivity index (χ0v) is 16.5. The van der Waals surface area contributed by atoms with Gasteiger partial charge in [-0.2, -0.15) is 0 Å². The molecule has 31 heavy (non-hydrogen) atoms. The van der Waals surface area contributed by atoms with E-state index >= 15 is 0 Å². The molecule has 3 aromatic rings. The molecular formula is C20H18F2N6O3. The number of amides is 2. The molecular weight excluding hydrogens is 410 g/mol. The van der Waals surface area contributed by atoms with E-state index in [1.807, 2.05) is 0 Å². The van der Waals surface area contributed by atoms with Crippen molar-refractivity contribution >= 4 is 17.7 Å². The number of cyclic esters (lactones) is 1. The number of hydrogen-bond acceptors (Lipinski definition) is 6. The number of hydrogen-bond donors (Lipinski definition) is 1. The summed E-state index contributed by atoms with van der Waals surface area (Å²) in [6, 6.07) is 8.86. The van der Waals surface area contributed by atoms with Crippen LogP contribution in [0.3, 0.4) is 0 Å². The van der Waals surface area contributed by atoms with Crippen molar-refractivity contribution in [1.29, 1.82) is 0 Å². The molecule has 2 heterocycles. The third-order valence-corrected chi connectivity index (χ3v) is 4.77. The molecule has 1 atom stereocenters. The molecule has 160 valence electrons. The van der Waals surface area contributed by atoms with Gasteiger partial charge in [0.1, 0.15) is 24.1 Å². The second-order valence-corrected chi connectivity index (χ2v) is 7.04. The summed E-state index contributed by atoms with van der Waals surface area (Å²) in [6.07, 6.45) is 0.138. The molecule has 0 aliphatic carbocycles. The van der Waals surface area contributed by atoms with Crippen LogP contribution in [0.15, 0.2) is 42.7 Å². The van der Waals surface area contributed by atoms with Gasteiger partial charge in [0, 0.05) is 6.92 Å². The summed E-state index contributed by atoms with van der Waals surface area (Å²) in [5.74, 6) is -1.87. The second kappa shape index (κ2) is 8.46. The van der Waals surface area contributed by atoms with Crippen LogP contribution in [0.1, 0.15) is 12.5 Å². The first-order valence-corrected chi connectivity index (χ1v) is 9.42. The molecule has 2 amide bonds. The minimum absolute atomic E-state index is 0.0457. The average Bonchev–Trinajstić information content (AvgIpc) is 3.36. The Kier molecular flexibility index (Phi) is 5.56. The highest BCUT2D eigenvalue weighted by atomic mass is 19.1. The van der Waals surface area contributed by atoms with E-state index in [0.717, 1.165) is 22.6 Å². The third-order valence-electron chi connectivity index (χ3n) is 4.77. The molecule has 0 bridgehead atoms. The highest BCUT2D eigenvalue weighted by Crippen LogP contribution is 2.32. The van der Waals surface area contributed by atoms with Gasteiger partial charge in [-0.25, -0.2) is 18.3 Å². The van der Waals surface area contributed by atoms with E-state index in [9.17, 15) is 18.4 Å². The highest BCUT2D eigenvalue weighted by molar-refractivity contribution is 5.90. The normalized spacial score (nSPS) is 15.8. The average molecular weight is 428 g/mol. The zero-order chi connectivity index (χ0) is 22.0. The number of aromatic nitrogens is 4. The van der Waals surface area contributed by atoms with Crippen molar-refractivity contribution in [3.8, 4) is 11.1 Å². The van der Waals surface area contributed by atoms with Crippen LogP contribution in [-0.4, -0.2) is 51.4 Å². The predicted octanol–water partition coefficient (Wildman–Crippen LogP) is 2.13. The van der Waals surface area contributed by atoms with Crippen molar-refractivity contribution in [3.05, 3.63) is 59.9 Å². The van der Waals surface area contributed by atoms with Gasteiger partial charge in [0.15, 0.2) is 0 Å². The molecule has 1 aliphatic rings. The molecule has 4 rings (SSSR count). The van der Waals surface area contributed by atoms with Crippen LogP contribution >= 0.6 is 0 Å². The summed E-state index contributed by atoms with van der Waals surface area (Å²) in [5, 5.41) is 13.4. The fourth-order valence-corrected chi connectivity index (χ4v) is 3.30. The van der Waals surface area contributed by atoms with E-state index in [1.165, 1.54) is 17.9 Å². The number of rotatable bonds is 6. The molecule has 9 nitrogen and oxygen atoms in total. The van der Waals surface area contributed by atoms with Crippen molar-refractivity contribution in [2.45, 2.75) is 19.6 Å². The van der Waals surface area contributed by atoms with Crippen LogP contribution in [0.4, 0.5) is 19.3 Å². The van der Waals surface area contributed by atoms with Gasteiger partial charge >= 0.3 is 6.09 Å². The first-order valence-electron chi connectivity index (χ1n) is 9.42. The Hall–Kier alpha value is -3.89. The lowest BCUT2D eigenvalue weighted by atomic mass is 10.0. The molecule has 1 fully saturated rings. The molecule has 0 radical (unpaired) electrons. The van der Waals surface area contributed by atoms with Crippen LogP contribution in [0.2, 0.25) is 0 Å². The van der Waals surface area contributed by atoms with Gasteiger partial charge in [-0.1, -0.05) is 24.3 Å². The lowest BCUT2D eigenvalue weighted by molar-refractivity contribution is -0.119. The van der Waals surface area contributed by atoms with Gasteiger partial charge < -0.3 is 10.1 Å². The second-order valence-electron chi connectivity index (χ2n) is 7.04. The third kappa shape index (κ3) is 4.49. The topological polar surface area (TPSA) is 102 Å². The minimum Gasteiger partial charge on any atom is -0.442 e. The van der Waals surface area contributed by atoms with E-state index < -0.39 is 23.8 Å². The van der Waals surface area contributed by atoms with Crippen LogP contribution in [0.25, 0.3) is 11.1 Å². The molecule has 11 heteroatoms. The summed E-state index contributed by atoms with van der Waals surface area (Å²) in [6.45, 7) is 1.96. The number of nitrogens with zero attached hydrogens (tertiary/aromatic N) is 5. The molecule has 1 saturated heterocycles. The summed E-state index contributed by atoms with van der Waals surface area (Å²) in [5.41, 5.74) is 1.07. The number of halogens is 2. The molecule has 0 unspecified atom stereocenters. The minimum atomic E-state index is -0.804. The van der Waals surface area contributed by atoms with E-state index in [2.05, 4.69) is 20.8 Å². The predicted molar refractivity (Wildman–Crippen MR) is 105 cm³/mol. The largest absolute Gasteiger partial charge is 0.442 e. The Bertz CT molecular complexity index is 1080. The molecule has 1 N–H and O–H groups in total. The molecule has 2 aromatic carbocycles. The number of carbonyl (C=O) groups excluding carboxylic acids is 2. The maximum absolute atomic E-state index is 14.8. The van der Waals surface area contributed by atoms with Gasteiger partial charge in [0.2, 0.25) is 5.91 Å². The Morgan fingerprint density at radius 3 is 2.55 bits per heavy atom. The van der Waals surface area contributed by atoms with Gasteiger partial charge in [-0.3, -0.25) is 9.69 Å². The fourth-order valence-electron chi connectivity index (χ4n) is 3.30. The maximum atomic E-state index is 14.8. The first kappa shape index (κ1) is 20.4. The molecule has 0 saturated carbocycles. The number of ether oxygens (including phenoxy) is 1. The number of anilines is 1. The van der Waals surface area contributed by atoms with E-state index in [-0.39, 0.29) is 30.2 Å². The maximum Gasteiger partial charge on any atom is 0.414 e. The zero-order valence-electron chi connectivity index (χ0n) is 16.5. The fraction of sp³-hybridized carbons (Fsp3) is 0.250. The highest BCUT2D eigenvalue weighted by Gasteiger charge is 2.33. The summed E-state index contributed by atoms with van der Waals surface area (Å²) in [7, 11) is 0. The smallest absolute Gasteiger partial charge is 0.414 e. The van der Waals surface area contributed by atoms with Gasteiger partial charge in [0.25, 0.3) is 0 Å². The van der Waals surface area contributed by atoms with Gasteiger partial charge in [-0.05, 0) is 33.7 Å². The quantitative estimate of drug-likeness (QED) is 0.645. The lowest BCUT2D eigenvalue weighted by Gasteiger charge is -2.15. The van der Waals surface area contributed by atoms with E-state index in [1.54, 1.807) is 24.3 Å². The number of nitrogens with one attached hydrogen (secondary N) is 1.